The van der Waals surface area contributed by atoms with Crippen LogP contribution in [0.4, 0.5) is 0 Å². The number of hydrogen-bond acceptors (Lipinski definition) is 1. The summed E-state index contributed by atoms with van der Waals surface area (Å²) >= 11 is 0. The molecule has 1 aliphatic rings. The van der Waals surface area contributed by atoms with Crippen molar-refractivity contribution < 1.29 is 0 Å². The number of aromatic amines is 1. The predicted molar refractivity (Wildman–Crippen MR) is 54.5 cm³/mol. The zero-order chi connectivity index (χ0) is 8.93. The fraction of sp³-hybridized carbons (Fsp3) is 0.636. The third kappa shape index (κ3) is 3.23. The Hall–Kier alpha value is -0.760. The van der Waals surface area contributed by atoms with Gasteiger partial charge in [-0.3, -0.25) is 0 Å². The molecule has 0 saturated heterocycles. The Morgan fingerprint density at radius 1 is 1.46 bits per heavy atom. The third-order valence-electron chi connectivity index (χ3n) is 2.65. The van der Waals surface area contributed by atoms with E-state index in [0.29, 0.717) is 0 Å². The molecule has 0 radical (unpaired) electrons. The van der Waals surface area contributed by atoms with E-state index in [0.717, 1.165) is 12.5 Å². The molecule has 13 heavy (non-hydrogen) atoms. The van der Waals surface area contributed by atoms with Crippen molar-refractivity contribution in [1.82, 2.24) is 10.3 Å². The van der Waals surface area contributed by atoms with Crippen LogP contribution in [-0.2, 0) is 6.54 Å². The van der Waals surface area contributed by atoms with Gasteiger partial charge in [0.25, 0.3) is 0 Å². The van der Waals surface area contributed by atoms with Crippen molar-refractivity contribution in [2.24, 2.45) is 5.92 Å². The summed E-state index contributed by atoms with van der Waals surface area (Å²) in [5.41, 5.74) is 1.35. The second-order valence-electron chi connectivity index (χ2n) is 3.98. The highest BCUT2D eigenvalue weighted by Crippen LogP contribution is 2.33. The molecule has 0 bridgehead atoms. The maximum absolute atomic E-state index is 3.45. The summed E-state index contributed by atoms with van der Waals surface area (Å²) in [6, 6.07) is 2.12. The van der Waals surface area contributed by atoms with Crippen molar-refractivity contribution in [1.29, 1.82) is 0 Å². The summed E-state index contributed by atoms with van der Waals surface area (Å²) in [7, 11) is 0. The van der Waals surface area contributed by atoms with Gasteiger partial charge in [0.2, 0.25) is 0 Å². The Bertz CT molecular complexity index is 224. The van der Waals surface area contributed by atoms with Crippen LogP contribution in [0.1, 0.15) is 31.2 Å². The Labute approximate surface area is 79.7 Å². The summed E-state index contributed by atoms with van der Waals surface area (Å²) in [6.07, 6.45) is 9.76. The average Bonchev–Trinajstić information content (AvgIpc) is 2.81. The monoisotopic (exact) mass is 178 g/mol. The highest BCUT2D eigenvalue weighted by Gasteiger charge is 2.19. The van der Waals surface area contributed by atoms with E-state index < -0.39 is 0 Å². The zero-order valence-electron chi connectivity index (χ0n) is 8.05. The summed E-state index contributed by atoms with van der Waals surface area (Å²) in [4.78, 5) is 3.06. The van der Waals surface area contributed by atoms with Gasteiger partial charge in [0.1, 0.15) is 0 Å². The van der Waals surface area contributed by atoms with E-state index in [1.165, 1.54) is 37.8 Å². The number of hydrogen-bond donors (Lipinski definition) is 2. The highest BCUT2D eigenvalue weighted by molar-refractivity contribution is 5.07. The molecule has 0 amide bonds. The number of aromatic nitrogens is 1. The molecule has 72 valence electrons. The van der Waals surface area contributed by atoms with Crippen LogP contribution in [0.5, 0.6) is 0 Å². The fourth-order valence-corrected chi connectivity index (χ4v) is 1.62. The van der Waals surface area contributed by atoms with Crippen LogP contribution in [0.2, 0.25) is 0 Å². The minimum absolute atomic E-state index is 1.01. The Balaban J connectivity index is 1.48. The van der Waals surface area contributed by atoms with Crippen LogP contribution >= 0.6 is 0 Å². The molecule has 1 aromatic heterocycles. The van der Waals surface area contributed by atoms with Gasteiger partial charge in [-0.15, -0.1) is 0 Å². The quantitative estimate of drug-likeness (QED) is 0.643. The van der Waals surface area contributed by atoms with Crippen molar-refractivity contribution >= 4 is 0 Å². The van der Waals surface area contributed by atoms with E-state index in [9.17, 15) is 0 Å². The topological polar surface area (TPSA) is 27.8 Å². The third-order valence-corrected chi connectivity index (χ3v) is 2.65. The van der Waals surface area contributed by atoms with Gasteiger partial charge in [-0.25, -0.2) is 0 Å². The maximum atomic E-state index is 3.45. The van der Waals surface area contributed by atoms with Crippen LogP contribution < -0.4 is 5.32 Å². The van der Waals surface area contributed by atoms with Crippen LogP contribution in [0.3, 0.4) is 0 Å². The van der Waals surface area contributed by atoms with Crippen LogP contribution in [0.15, 0.2) is 18.5 Å². The molecule has 0 unspecified atom stereocenters. The molecule has 0 spiro atoms. The molecule has 1 heterocycles. The van der Waals surface area contributed by atoms with Gasteiger partial charge in [0.05, 0.1) is 0 Å². The Morgan fingerprint density at radius 3 is 3.08 bits per heavy atom. The van der Waals surface area contributed by atoms with Gasteiger partial charge in [0, 0.05) is 18.9 Å². The molecule has 2 heteroatoms. The normalized spacial score (nSPS) is 16.3. The summed E-state index contributed by atoms with van der Waals surface area (Å²) in [5.74, 6) is 1.08. The van der Waals surface area contributed by atoms with Crippen molar-refractivity contribution in [3.05, 3.63) is 24.0 Å². The molecule has 2 nitrogen and oxygen atoms in total. The smallest absolute Gasteiger partial charge is 0.0220 e. The molecular weight excluding hydrogens is 160 g/mol. The molecule has 1 aliphatic carbocycles. The van der Waals surface area contributed by atoms with Crippen molar-refractivity contribution in [2.45, 2.75) is 32.2 Å². The van der Waals surface area contributed by atoms with Crippen molar-refractivity contribution in [2.75, 3.05) is 6.54 Å². The van der Waals surface area contributed by atoms with Gasteiger partial charge in [-0.05, 0) is 36.9 Å². The Morgan fingerprint density at radius 2 is 2.38 bits per heavy atom. The number of nitrogens with one attached hydrogen (secondary N) is 2. The Kier molecular flexibility index (Phi) is 3.03. The van der Waals surface area contributed by atoms with Crippen LogP contribution in [0.25, 0.3) is 0 Å². The maximum Gasteiger partial charge on any atom is 0.0220 e. The van der Waals surface area contributed by atoms with Gasteiger partial charge in [0.15, 0.2) is 0 Å². The van der Waals surface area contributed by atoms with Crippen molar-refractivity contribution in [3.8, 4) is 0 Å². The van der Waals surface area contributed by atoms with E-state index in [-0.39, 0.29) is 0 Å². The van der Waals surface area contributed by atoms with Gasteiger partial charge in [-0.1, -0.05) is 12.8 Å². The molecule has 2 N–H and O–H groups in total. The average molecular weight is 178 g/mol. The molecular formula is C11H18N2. The largest absolute Gasteiger partial charge is 0.367 e. The SMILES string of the molecule is c1cc(CNCCCC2CC2)c[nH]1. The first-order chi connectivity index (χ1) is 6.45. The fourth-order valence-electron chi connectivity index (χ4n) is 1.62. The molecule has 0 atom stereocenters. The second-order valence-corrected chi connectivity index (χ2v) is 3.98. The minimum Gasteiger partial charge on any atom is -0.367 e. The summed E-state index contributed by atoms with van der Waals surface area (Å²) in [5, 5.41) is 3.45. The summed E-state index contributed by atoms with van der Waals surface area (Å²) in [6.45, 7) is 2.18. The standard InChI is InChI=1S/C11H18N2/c1(2-10-3-4-10)6-12-8-11-5-7-13-9-11/h5,7,9-10,12-13H,1-4,6,8H2. The predicted octanol–water partition coefficient (Wildman–Crippen LogP) is 2.29. The summed E-state index contributed by atoms with van der Waals surface area (Å²) < 4.78 is 0. The zero-order valence-corrected chi connectivity index (χ0v) is 8.05. The van der Waals surface area contributed by atoms with Crippen molar-refractivity contribution in [3.63, 3.8) is 0 Å². The number of rotatable bonds is 6. The van der Waals surface area contributed by atoms with E-state index >= 15 is 0 Å². The van der Waals surface area contributed by atoms with E-state index in [2.05, 4.69) is 16.4 Å². The lowest BCUT2D eigenvalue weighted by Gasteiger charge is -2.01. The second kappa shape index (κ2) is 4.47. The van der Waals surface area contributed by atoms with E-state index in [1.807, 2.05) is 12.4 Å². The lowest BCUT2D eigenvalue weighted by Crippen LogP contribution is -2.14. The van der Waals surface area contributed by atoms with Crippen LogP contribution in [0, 0.1) is 5.92 Å². The van der Waals surface area contributed by atoms with Gasteiger partial charge in [-0.2, -0.15) is 0 Å². The molecule has 0 aliphatic heterocycles. The van der Waals surface area contributed by atoms with E-state index in [1.54, 1.807) is 0 Å². The first-order valence-electron chi connectivity index (χ1n) is 5.27. The lowest BCUT2D eigenvalue weighted by atomic mass is 10.2. The van der Waals surface area contributed by atoms with Gasteiger partial charge >= 0.3 is 0 Å². The van der Waals surface area contributed by atoms with E-state index in [4.69, 9.17) is 0 Å². The molecule has 1 fully saturated rings. The first kappa shape index (κ1) is 8.82. The molecule has 1 aromatic rings. The highest BCUT2D eigenvalue weighted by atomic mass is 14.8. The first-order valence-corrected chi connectivity index (χ1v) is 5.27. The van der Waals surface area contributed by atoms with Gasteiger partial charge < -0.3 is 10.3 Å². The molecule has 0 aromatic carbocycles. The lowest BCUT2D eigenvalue weighted by molar-refractivity contribution is 0.594. The number of H-pyrrole nitrogens is 1. The minimum atomic E-state index is 1.01. The molecule has 1 saturated carbocycles. The van der Waals surface area contributed by atoms with Crippen LogP contribution in [-0.4, -0.2) is 11.5 Å². The molecule has 2 rings (SSSR count).